The predicted octanol–water partition coefficient (Wildman–Crippen LogP) is 3.28. The molecule has 0 unspecified atom stereocenters. The monoisotopic (exact) mass is 325 g/mol. The molecule has 1 aliphatic carbocycles. The number of nitrogens with one attached hydrogen (secondary N) is 1. The van der Waals surface area contributed by atoms with Crippen molar-refractivity contribution in [3.05, 3.63) is 28.7 Å². The van der Waals surface area contributed by atoms with E-state index in [1.807, 2.05) is 24.3 Å². The number of hydrogen-bond acceptors (Lipinski definition) is 2. The van der Waals surface area contributed by atoms with E-state index in [1.54, 1.807) is 0 Å². The average Bonchev–Trinajstić information content (AvgIpc) is 2.39. The molecule has 0 bridgehead atoms. The summed E-state index contributed by atoms with van der Waals surface area (Å²) in [5, 5.41) is 11.8. The lowest BCUT2D eigenvalue weighted by atomic mass is 9.81. The van der Waals surface area contributed by atoms with E-state index in [9.17, 15) is 9.59 Å². The van der Waals surface area contributed by atoms with Crippen LogP contribution in [0, 0.1) is 11.8 Å². The highest BCUT2D eigenvalue weighted by Gasteiger charge is 2.29. The van der Waals surface area contributed by atoms with Crippen molar-refractivity contribution >= 4 is 33.5 Å². The van der Waals surface area contributed by atoms with E-state index in [0.717, 1.165) is 10.2 Å². The van der Waals surface area contributed by atoms with Crippen LogP contribution in [0.5, 0.6) is 0 Å². The van der Waals surface area contributed by atoms with E-state index < -0.39 is 5.97 Å². The van der Waals surface area contributed by atoms with E-state index in [1.165, 1.54) is 0 Å². The lowest BCUT2D eigenvalue weighted by Gasteiger charge is -2.25. The van der Waals surface area contributed by atoms with Gasteiger partial charge in [-0.25, -0.2) is 0 Å². The number of halogens is 1. The molecule has 1 saturated carbocycles. The number of carboxylic acid groups (broad SMARTS) is 1. The number of carbonyl (C=O) groups is 2. The Hall–Kier alpha value is -1.36. The quantitative estimate of drug-likeness (QED) is 0.896. The van der Waals surface area contributed by atoms with Gasteiger partial charge < -0.3 is 10.4 Å². The topological polar surface area (TPSA) is 66.4 Å². The lowest BCUT2D eigenvalue weighted by molar-refractivity contribution is -0.143. The molecule has 1 aromatic carbocycles. The summed E-state index contributed by atoms with van der Waals surface area (Å²) in [5.41, 5.74) is 0.764. The van der Waals surface area contributed by atoms with Gasteiger partial charge in [0.2, 0.25) is 5.91 Å². The van der Waals surface area contributed by atoms with Crippen LogP contribution < -0.4 is 5.32 Å². The Bertz CT molecular complexity index is 481. The SMILES string of the molecule is O=C(O)C1CCC(C(=O)Nc2cccc(Br)c2)CC1. The highest BCUT2D eigenvalue weighted by Crippen LogP contribution is 2.30. The van der Waals surface area contributed by atoms with Crippen LogP contribution in [0.1, 0.15) is 25.7 Å². The molecule has 0 heterocycles. The first-order valence-electron chi connectivity index (χ1n) is 6.35. The van der Waals surface area contributed by atoms with Crippen molar-refractivity contribution in [3.8, 4) is 0 Å². The van der Waals surface area contributed by atoms with Gasteiger partial charge in [-0.1, -0.05) is 22.0 Å². The van der Waals surface area contributed by atoms with Crippen LogP contribution in [-0.2, 0) is 9.59 Å². The minimum atomic E-state index is -0.745. The van der Waals surface area contributed by atoms with E-state index in [4.69, 9.17) is 5.11 Å². The van der Waals surface area contributed by atoms with Crippen LogP contribution in [-0.4, -0.2) is 17.0 Å². The maximum Gasteiger partial charge on any atom is 0.306 e. The zero-order chi connectivity index (χ0) is 13.8. The highest BCUT2D eigenvalue weighted by atomic mass is 79.9. The molecule has 0 aromatic heterocycles. The Labute approximate surface area is 120 Å². The van der Waals surface area contributed by atoms with Crippen molar-refractivity contribution in [2.24, 2.45) is 11.8 Å². The molecule has 0 atom stereocenters. The molecule has 0 saturated heterocycles. The van der Waals surface area contributed by atoms with Gasteiger partial charge in [0, 0.05) is 16.1 Å². The Balaban J connectivity index is 1.90. The van der Waals surface area contributed by atoms with Crippen LogP contribution in [0.15, 0.2) is 28.7 Å². The fourth-order valence-corrected chi connectivity index (χ4v) is 2.81. The van der Waals surface area contributed by atoms with Gasteiger partial charge in [-0.3, -0.25) is 9.59 Å². The van der Waals surface area contributed by atoms with Crippen LogP contribution in [0.25, 0.3) is 0 Å². The second kappa shape index (κ2) is 6.19. The Kier molecular flexibility index (Phi) is 4.58. The second-order valence-corrected chi connectivity index (χ2v) is 5.80. The molecule has 2 rings (SSSR count). The Morgan fingerprint density at radius 1 is 1.16 bits per heavy atom. The van der Waals surface area contributed by atoms with Gasteiger partial charge in [-0.2, -0.15) is 0 Å². The molecule has 5 heteroatoms. The van der Waals surface area contributed by atoms with Gasteiger partial charge in [0.1, 0.15) is 0 Å². The standard InChI is InChI=1S/C14H16BrNO3/c15-11-2-1-3-12(8-11)16-13(17)9-4-6-10(7-5-9)14(18)19/h1-3,8-10H,4-7H2,(H,16,17)(H,18,19). The van der Waals surface area contributed by atoms with Crippen molar-refractivity contribution < 1.29 is 14.7 Å². The van der Waals surface area contributed by atoms with Crippen LogP contribution in [0.3, 0.4) is 0 Å². The number of rotatable bonds is 3. The normalized spacial score (nSPS) is 22.8. The van der Waals surface area contributed by atoms with Crippen LogP contribution in [0.4, 0.5) is 5.69 Å². The Morgan fingerprint density at radius 2 is 1.79 bits per heavy atom. The van der Waals surface area contributed by atoms with E-state index in [0.29, 0.717) is 25.7 Å². The maximum absolute atomic E-state index is 12.1. The van der Waals surface area contributed by atoms with Gasteiger partial charge in [0.25, 0.3) is 0 Å². The van der Waals surface area contributed by atoms with E-state index in [2.05, 4.69) is 21.2 Å². The van der Waals surface area contributed by atoms with E-state index in [-0.39, 0.29) is 17.7 Å². The average molecular weight is 326 g/mol. The summed E-state index contributed by atoms with van der Waals surface area (Å²) in [6, 6.07) is 7.45. The second-order valence-electron chi connectivity index (χ2n) is 4.89. The van der Waals surface area contributed by atoms with Crippen molar-refractivity contribution in [1.82, 2.24) is 0 Å². The van der Waals surface area contributed by atoms with Crippen LogP contribution >= 0.6 is 15.9 Å². The van der Waals surface area contributed by atoms with Gasteiger partial charge in [0.05, 0.1) is 5.92 Å². The molecule has 1 amide bonds. The first-order chi connectivity index (χ1) is 9.06. The third-order valence-electron chi connectivity index (χ3n) is 3.54. The third-order valence-corrected chi connectivity index (χ3v) is 4.03. The molecule has 0 spiro atoms. The molecule has 0 aliphatic heterocycles. The van der Waals surface area contributed by atoms with Crippen molar-refractivity contribution in [2.45, 2.75) is 25.7 Å². The minimum Gasteiger partial charge on any atom is -0.481 e. The highest BCUT2D eigenvalue weighted by molar-refractivity contribution is 9.10. The molecule has 102 valence electrons. The number of anilines is 1. The molecular formula is C14H16BrNO3. The maximum atomic E-state index is 12.1. The van der Waals surface area contributed by atoms with Gasteiger partial charge >= 0.3 is 5.97 Å². The first kappa shape index (κ1) is 14.1. The van der Waals surface area contributed by atoms with Crippen molar-refractivity contribution in [2.75, 3.05) is 5.32 Å². The molecule has 0 radical (unpaired) electrons. The number of benzene rings is 1. The summed E-state index contributed by atoms with van der Waals surface area (Å²) >= 11 is 3.36. The number of aliphatic carboxylic acids is 1. The molecule has 1 fully saturated rings. The summed E-state index contributed by atoms with van der Waals surface area (Å²) < 4.78 is 0.917. The van der Waals surface area contributed by atoms with Gasteiger partial charge in [-0.05, 0) is 43.9 Å². The molecular weight excluding hydrogens is 310 g/mol. The summed E-state index contributed by atoms with van der Waals surface area (Å²) in [6.07, 6.45) is 2.48. The first-order valence-corrected chi connectivity index (χ1v) is 7.15. The smallest absolute Gasteiger partial charge is 0.306 e. The summed E-state index contributed by atoms with van der Waals surface area (Å²) in [6.45, 7) is 0. The predicted molar refractivity (Wildman–Crippen MR) is 75.9 cm³/mol. The Morgan fingerprint density at radius 3 is 2.37 bits per heavy atom. The summed E-state index contributed by atoms with van der Waals surface area (Å²) in [7, 11) is 0. The van der Waals surface area contributed by atoms with Crippen LogP contribution in [0.2, 0.25) is 0 Å². The molecule has 2 N–H and O–H groups in total. The van der Waals surface area contributed by atoms with Crippen molar-refractivity contribution in [3.63, 3.8) is 0 Å². The zero-order valence-electron chi connectivity index (χ0n) is 10.4. The summed E-state index contributed by atoms with van der Waals surface area (Å²) in [4.78, 5) is 22.9. The third kappa shape index (κ3) is 3.80. The number of carboxylic acids is 1. The number of amides is 1. The van der Waals surface area contributed by atoms with Crippen molar-refractivity contribution in [1.29, 1.82) is 0 Å². The number of hydrogen-bond donors (Lipinski definition) is 2. The minimum absolute atomic E-state index is 0.0121. The molecule has 1 aliphatic rings. The lowest BCUT2D eigenvalue weighted by Crippen LogP contribution is -2.29. The van der Waals surface area contributed by atoms with E-state index >= 15 is 0 Å². The molecule has 19 heavy (non-hydrogen) atoms. The summed E-state index contributed by atoms with van der Waals surface area (Å²) in [5.74, 6) is -1.11. The fourth-order valence-electron chi connectivity index (χ4n) is 2.41. The molecule has 1 aromatic rings. The van der Waals surface area contributed by atoms with Gasteiger partial charge in [0.15, 0.2) is 0 Å². The zero-order valence-corrected chi connectivity index (χ0v) is 12.0. The van der Waals surface area contributed by atoms with Gasteiger partial charge in [-0.15, -0.1) is 0 Å². The molecule has 4 nitrogen and oxygen atoms in total. The largest absolute Gasteiger partial charge is 0.481 e. The number of carbonyl (C=O) groups excluding carboxylic acids is 1. The fraction of sp³-hybridized carbons (Fsp3) is 0.429.